The molecule has 2 aromatic rings. The summed E-state index contributed by atoms with van der Waals surface area (Å²) in [5.74, 6) is -0.837. The van der Waals surface area contributed by atoms with Crippen LogP contribution in [0, 0.1) is 13.8 Å². The standard InChI is InChI=1S/C15H14BrNO3S/c1-9-3-4-11(7-12(9)16)17-13(18)8-20-15(19)14-10(2)5-6-21-14/h3-7H,8H2,1-2H3,(H,17,18). The number of rotatable bonds is 4. The van der Waals surface area contributed by atoms with E-state index in [1.807, 2.05) is 31.4 Å². The topological polar surface area (TPSA) is 55.4 Å². The molecule has 0 atom stereocenters. The molecule has 21 heavy (non-hydrogen) atoms. The molecule has 0 aliphatic rings. The molecule has 0 spiro atoms. The SMILES string of the molecule is Cc1ccc(NC(=O)COC(=O)c2sccc2C)cc1Br. The molecular weight excluding hydrogens is 354 g/mol. The molecule has 0 aliphatic heterocycles. The Morgan fingerprint density at radius 2 is 2.00 bits per heavy atom. The van der Waals surface area contributed by atoms with Gasteiger partial charge in [-0.25, -0.2) is 4.79 Å². The van der Waals surface area contributed by atoms with E-state index in [0.717, 1.165) is 15.6 Å². The van der Waals surface area contributed by atoms with Gasteiger partial charge in [-0.2, -0.15) is 0 Å². The van der Waals surface area contributed by atoms with E-state index in [-0.39, 0.29) is 12.5 Å². The summed E-state index contributed by atoms with van der Waals surface area (Å²) in [7, 11) is 0. The molecule has 0 fully saturated rings. The third kappa shape index (κ3) is 4.15. The van der Waals surface area contributed by atoms with Crippen molar-refractivity contribution in [3.63, 3.8) is 0 Å². The lowest BCUT2D eigenvalue weighted by Gasteiger charge is -2.07. The Kier molecular flexibility index (Phi) is 5.14. The number of benzene rings is 1. The molecule has 0 saturated heterocycles. The lowest BCUT2D eigenvalue weighted by Crippen LogP contribution is -2.20. The summed E-state index contributed by atoms with van der Waals surface area (Å²) in [6.45, 7) is 3.49. The highest BCUT2D eigenvalue weighted by Gasteiger charge is 2.14. The Morgan fingerprint density at radius 3 is 2.62 bits per heavy atom. The van der Waals surface area contributed by atoms with Crippen molar-refractivity contribution in [3.8, 4) is 0 Å². The number of carbonyl (C=O) groups is 2. The van der Waals surface area contributed by atoms with Crippen molar-refractivity contribution >= 4 is 44.8 Å². The number of hydrogen-bond acceptors (Lipinski definition) is 4. The number of thiophene rings is 1. The van der Waals surface area contributed by atoms with Crippen LogP contribution in [0.5, 0.6) is 0 Å². The van der Waals surface area contributed by atoms with Gasteiger partial charge in [-0.1, -0.05) is 22.0 Å². The van der Waals surface area contributed by atoms with Crippen LogP contribution in [0.3, 0.4) is 0 Å². The van der Waals surface area contributed by atoms with Crippen LogP contribution in [0.15, 0.2) is 34.1 Å². The van der Waals surface area contributed by atoms with Crippen LogP contribution in [0.2, 0.25) is 0 Å². The highest BCUT2D eigenvalue weighted by atomic mass is 79.9. The second-order valence-corrected chi connectivity index (χ2v) is 6.29. The van der Waals surface area contributed by atoms with Gasteiger partial charge in [-0.3, -0.25) is 4.79 Å². The number of esters is 1. The molecule has 4 nitrogen and oxygen atoms in total. The molecule has 1 aromatic heterocycles. The molecular formula is C15H14BrNO3S. The number of anilines is 1. The number of ether oxygens (including phenoxy) is 1. The van der Waals surface area contributed by atoms with Crippen LogP contribution in [-0.2, 0) is 9.53 Å². The van der Waals surface area contributed by atoms with Crippen molar-refractivity contribution in [1.82, 2.24) is 0 Å². The van der Waals surface area contributed by atoms with Gasteiger partial charge in [0, 0.05) is 10.2 Å². The molecule has 0 bridgehead atoms. The average molecular weight is 368 g/mol. The number of hydrogen-bond donors (Lipinski definition) is 1. The van der Waals surface area contributed by atoms with Gasteiger partial charge in [0.15, 0.2) is 6.61 Å². The maximum Gasteiger partial charge on any atom is 0.349 e. The van der Waals surface area contributed by atoms with Crippen LogP contribution in [0.4, 0.5) is 5.69 Å². The number of halogens is 1. The highest BCUT2D eigenvalue weighted by Crippen LogP contribution is 2.20. The van der Waals surface area contributed by atoms with Gasteiger partial charge in [0.2, 0.25) is 0 Å². The average Bonchev–Trinajstić information content (AvgIpc) is 2.86. The van der Waals surface area contributed by atoms with E-state index < -0.39 is 5.97 Å². The molecule has 0 unspecified atom stereocenters. The van der Waals surface area contributed by atoms with Crippen LogP contribution in [0.1, 0.15) is 20.8 Å². The summed E-state index contributed by atoms with van der Waals surface area (Å²) in [6, 6.07) is 7.33. The van der Waals surface area contributed by atoms with E-state index in [0.29, 0.717) is 10.6 Å². The Morgan fingerprint density at radius 1 is 1.24 bits per heavy atom. The lowest BCUT2D eigenvalue weighted by molar-refractivity contribution is -0.119. The van der Waals surface area contributed by atoms with Crippen LogP contribution >= 0.6 is 27.3 Å². The quantitative estimate of drug-likeness (QED) is 0.833. The van der Waals surface area contributed by atoms with E-state index >= 15 is 0 Å². The summed E-state index contributed by atoms with van der Waals surface area (Å²) in [5.41, 5.74) is 2.58. The van der Waals surface area contributed by atoms with Gasteiger partial charge in [0.1, 0.15) is 4.88 Å². The second kappa shape index (κ2) is 6.87. The zero-order chi connectivity index (χ0) is 15.4. The van der Waals surface area contributed by atoms with Crippen LogP contribution in [-0.4, -0.2) is 18.5 Å². The number of aryl methyl sites for hydroxylation is 2. The van der Waals surface area contributed by atoms with Crippen molar-refractivity contribution in [2.45, 2.75) is 13.8 Å². The van der Waals surface area contributed by atoms with Crippen molar-refractivity contribution in [3.05, 3.63) is 50.1 Å². The van der Waals surface area contributed by atoms with E-state index in [2.05, 4.69) is 21.2 Å². The second-order valence-electron chi connectivity index (χ2n) is 4.52. The third-order valence-corrected chi connectivity index (χ3v) is 4.69. The van der Waals surface area contributed by atoms with Crippen molar-refractivity contribution in [2.24, 2.45) is 0 Å². The number of carbonyl (C=O) groups excluding carboxylic acids is 2. The molecule has 2 rings (SSSR count). The minimum atomic E-state index is -0.470. The van der Waals surface area contributed by atoms with Crippen molar-refractivity contribution in [1.29, 1.82) is 0 Å². The van der Waals surface area contributed by atoms with Crippen molar-refractivity contribution < 1.29 is 14.3 Å². The Balaban J connectivity index is 1.89. The fourth-order valence-electron chi connectivity index (χ4n) is 1.65. The molecule has 0 saturated carbocycles. The minimum absolute atomic E-state index is 0.304. The minimum Gasteiger partial charge on any atom is -0.451 e. The molecule has 1 N–H and O–H groups in total. The first-order valence-corrected chi connectivity index (χ1v) is 7.92. The Bertz CT molecular complexity index is 681. The summed E-state index contributed by atoms with van der Waals surface area (Å²) >= 11 is 4.70. The van der Waals surface area contributed by atoms with Gasteiger partial charge < -0.3 is 10.1 Å². The largest absolute Gasteiger partial charge is 0.451 e. The molecule has 6 heteroatoms. The first-order chi connectivity index (χ1) is 9.97. The van der Waals surface area contributed by atoms with Crippen LogP contribution in [0.25, 0.3) is 0 Å². The van der Waals surface area contributed by atoms with E-state index in [9.17, 15) is 9.59 Å². The smallest absolute Gasteiger partial charge is 0.349 e. The van der Waals surface area contributed by atoms with Gasteiger partial charge in [0.05, 0.1) is 0 Å². The molecule has 1 heterocycles. The summed E-state index contributed by atoms with van der Waals surface area (Å²) in [4.78, 5) is 24.1. The predicted molar refractivity (Wildman–Crippen MR) is 86.8 cm³/mol. The fraction of sp³-hybridized carbons (Fsp3) is 0.200. The Labute approximate surface area is 135 Å². The summed E-state index contributed by atoms with van der Waals surface area (Å²) in [5, 5.41) is 4.50. The van der Waals surface area contributed by atoms with Crippen molar-refractivity contribution in [2.75, 3.05) is 11.9 Å². The zero-order valence-corrected chi connectivity index (χ0v) is 14.0. The number of nitrogens with one attached hydrogen (secondary N) is 1. The van der Waals surface area contributed by atoms with Gasteiger partial charge in [-0.05, 0) is 48.6 Å². The molecule has 0 aliphatic carbocycles. The lowest BCUT2D eigenvalue weighted by atomic mass is 10.2. The highest BCUT2D eigenvalue weighted by molar-refractivity contribution is 9.10. The summed E-state index contributed by atoms with van der Waals surface area (Å²) in [6.07, 6.45) is 0. The summed E-state index contributed by atoms with van der Waals surface area (Å²) < 4.78 is 5.91. The van der Waals surface area contributed by atoms with Gasteiger partial charge in [0.25, 0.3) is 5.91 Å². The monoisotopic (exact) mass is 367 g/mol. The Hall–Kier alpha value is -1.66. The maximum absolute atomic E-state index is 11.8. The third-order valence-electron chi connectivity index (χ3n) is 2.84. The molecule has 0 radical (unpaired) electrons. The van der Waals surface area contributed by atoms with Gasteiger partial charge in [-0.15, -0.1) is 11.3 Å². The van der Waals surface area contributed by atoms with E-state index in [1.165, 1.54) is 11.3 Å². The fourth-order valence-corrected chi connectivity index (χ4v) is 2.84. The molecule has 1 aromatic carbocycles. The van der Waals surface area contributed by atoms with Crippen LogP contribution < -0.4 is 5.32 Å². The first-order valence-electron chi connectivity index (χ1n) is 6.24. The molecule has 1 amide bonds. The first kappa shape index (κ1) is 15.7. The molecule has 110 valence electrons. The number of amides is 1. The van der Waals surface area contributed by atoms with Gasteiger partial charge >= 0.3 is 5.97 Å². The maximum atomic E-state index is 11.8. The van der Waals surface area contributed by atoms with E-state index in [1.54, 1.807) is 12.1 Å². The zero-order valence-electron chi connectivity index (χ0n) is 11.6. The predicted octanol–water partition coefficient (Wildman–Crippen LogP) is 3.92. The normalized spacial score (nSPS) is 10.2. The van der Waals surface area contributed by atoms with E-state index in [4.69, 9.17) is 4.74 Å².